The zero-order chi connectivity index (χ0) is 10.1. The van der Waals surface area contributed by atoms with Gasteiger partial charge in [-0.3, -0.25) is 0 Å². The molecule has 3 N–H and O–H groups in total. The van der Waals surface area contributed by atoms with Gasteiger partial charge in [-0.15, -0.1) is 0 Å². The number of hydrogen-bond donors (Lipinski definition) is 2. The molecule has 3 nitrogen and oxygen atoms in total. The Kier molecular flexibility index (Phi) is 2.13. The Labute approximate surface area is 80.7 Å². The summed E-state index contributed by atoms with van der Waals surface area (Å²) in [4.78, 5) is 2.95. The number of nitrogens with two attached hydrogens (primary N) is 1. The summed E-state index contributed by atoms with van der Waals surface area (Å²) >= 11 is 0. The van der Waals surface area contributed by atoms with Gasteiger partial charge in [-0.1, -0.05) is 0 Å². The number of halogens is 1. The third-order valence-electron chi connectivity index (χ3n) is 2.23. The van der Waals surface area contributed by atoms with Crippen molar-refractivity contribution >= 4 is 10.9 Å². The van der Waals surface area contributed by atoms with Crippen LogP contribution in [0.3, 0.4) is 0 Å². The van der Waals surface area contributed by atoms with E-state index >= 15 is 0 Å². The number of methoxy groups -OCH3 is 1. The number of fused-ring (bicyclic) bond motifs is 1. The maximum atomic E-state index is 13.1. The van der Waals surface area contributed by atoms with Crippen molar-refractivity contribution in [3.05, 3.63) is 29.7 Å². The van der Waals surface area contributed by atoms with Gasteiger partial charge in [-0.25, -0.2) is 4.39 Å². The van der Waals surface area contributed by atoms with E-state index < -0.39 is 0 Å². The number of aromatic nitrogens is 1. The molecule has 0 aliphatic carbocycles. The molecule has 0 spiro atoms. The van der Waals surface area contributed by atoms with Gasteiger partial charge < -0.3 is 15.5 Å². The van der Waals surface area contributed by atoms with E-state index in [4.69, 9.17) is 10.5 Å². The molecule has 14 heavy (non-hydrogen) atoms. The minimum absolute atomic E-state index is 0.320. The van der Waals surface area contributed by atoms with Crippen LogP contribution in [0.5, 0.6) is 5.75 Å². The third-order valence-corrected chi connectivity index (χ3v) is 2.23. The largest absolute Gasteiger partial charge is 0.496 e. The van der Waals surface area contributed by atoms with Crippen molar-refractivity contribution in [2.75, 3.05) is 7.11 Å². The highest BCUT2D eigenvalue weighted by atomic mass is 19.1. The van der Waals surface area contributed by atoms with Gasteiger partial charge in [0.2, 0.25) is 0 Å². The van der Waals surface area contributed by atoms with Crippen molar-refractivity contribution in [3.63, 3.8) is 0 Å². The van der Waals surface area contributed by atoms with Gasteiger partial charge in [-0.05, 0) is 11.6 Å². The Morgan fingerprint density at radius 1 is 1.50 bits per heavy atom. The second-order valence-electron chi connectivity index (χ2n) is 3.05. The molecule has 0 aliphatic heterocycles. The van der Waals surface area contributed by atoms with Gasteiger partial charge in [0, 0.05) is 24.2 Å². The summed E-state index contributed by atoms with van der Waals surface area (Å²) in [5, 5.41) is 0.858. The molecule has 2 rings (SSSR count). The van der Waals surface area contributed by atoms with Crippen molar-refractivity contribution in [1.29, 1.82) is 0 Å². The van der Waals surface area contributed by atoms with Crippen LogP contribution in [0, 0.1) is 5.82 Å². The Bertz CT molecular complexity index is 464. The molecule has 4 heteroatoms. The smallest absolute Gasteiger partial charge is 0.131 e. The van der Waals surface area contributed by atoms with Crippen molar-refractivity contribution in [3.8, 4) is 5.75 Å². The van der Waals surface area contributed by atoms with E-state index in [0.717, 1.165) is 10.9 Å². The minimum Gasteiger partial charge on any atom is -0.496 e. The lowest BCUT2D eigenvalue weighted by Crippen LogP contribution is -1.95. The van der Waals surface area contributed by atoms with E-state index in [0.29, 0.717) is 17.8 Å². The average Bonchev–Trinajstić information content (AvgIpc) is 2.59. The highest BCUT2D eigenvalue weighted by molar-refractivity contribution is 5.89. The fraction of sp³-hybridized carbons (Fsp3) is 0.200. The van der Waals surface area contributed by atoms with Crippen LogP contribution < -0.4 is 10.5 Å². The van der Waals surface area contributed by atoms with Crippen LogP contribution in [0.15, 0.2) is 18.3 Å². The maximum Gasteiger partial charge on any atom is 0.131 e. The molecule has 1 aromatic carbocycles. The summed E-state index contributed by atoms with van der Waals surface area (Å²) < 4.78 is 18.2. The quantitative estimate of drug-likeness (QED) is 0.765. The summed E-state index contributed by atoms with van der Waals surface area (Å²) in [5.74, 6) is 0.196. The normalized spacial score (nSPS) is 10.8. The molecule has 0 unspecified atom stereocenters. The summed E-state index contributed by atoms with van der Waals surface area (Å²) in [5.41, 5.74) is 7.19. The maximum absolute atomic E-state index is 13.1. The molecule has 0 saturated carbocycles. The fourth-order valence-corrected chi connectivity index (χ4v) is 1.59. The van der Waals surface area contributed by atoms with Gasteiger partial charge in [0.15, 0.2) is 0 Å². The zero-order valence-corrected chi connectivity index (χ0v) is 7.80. The lowest BCUT2D eigenvalue weighted by Gasteiger charge is -2.03. The van der Waals surface area contributed by atoms with E-state index in [-0.39, 0.29) is 5.82 Å². The third kappa shape index (κ3) is 1.24. The molecule has 1 aromatic heterocycles. The van der Waals surface area contributed by atoms with Crippen LogP contribution in [0.2, 0.25) is 0 Å². The molecule has 0 fully saturated rings. The number of hydrogen-bond acceptors (Lipinski definition) is 2. The predicted molar refractivity (Wildman–Crippen MR) is 52.7 cm³/mol. The monoisotopic (exact) mass is 194 g/mol. The molecular weight excluding hydrogens is 183 g/mol. The molecule has 2 aromatic rings. The van der Waals surface area contributed by atoms with Gasteiger partial charge in [0.25, 0.3) is 0 Å². The number of nitrogens with one attached hydrogen (secondary N) is 1. The zero-order valence-electron chi connectivity index (χ0n) is 7.80. The number of ether oxygens (including phenoxy) is 1. The lowest BCUT2D eigenvalue weighted by molar-refractivity contribution is 0.416. The minimum atomic E-state index is -0.320. The Balaban J connectivity index is 2.78. The number of H-pyrrole nitrogens is 1. The molecular formula is C10H11FN2O. The van der Waals surface area contributed by atoms with Crippen LogP contribution in [0.25, 0.3) is 10.9 Å². The second kappa shape index (κ2) is 3.31. The molecule has 0 atom stereocenters. The summed E-state index contributed by atoms with van der Waals surface area (Å²) in [6.07, 6.45) is 1.77. The van der Waals surface area contributed by atoms with Gasteiger partial charge in [0.1, 0.15) is 11.6 Å². The Hall–Kier alpha value is -1.55. The molecule has 0 saturated heterocycles. The molecule has 0 radical (unpaired) electrons. The van der Waals surface area contributed by atoms with Crippen LogP contribution >= 0.6 is 0 Å². The van der Waals surface area contributed by atoms with Gasteiger partial charge in [0.05, 0.1) is 12.6 Å². The number of benzene rings is 1. The van der Waals surface area contributed by atoms with E-state index in [1.54, 1.807) is 6.20 Å². The first-order valence-corrected chi connectivity index (χ1v) is 4.30. The van der Waals surface area contributed by atoms with Gasteiger partial charge in [-0.2, -0.15) is 0 Å². The SMILES string of the molecule is COc1cc(F)cc2[nH]cc(CN)c12. The molecule has 0 aliphatic rings. The van der Waals surface area contributed by atoms with Gasteiger partial charge >= 0.3 is 0 Å². The van der Waals surface area contributed by atoms with Crippen LogP contribution in [0.1, 0.15) is 5.56 Å². The van der Waals surface area contributed by atoms with Crippen molar-refractivity contribution in [2.45, 2.75) is 6.54 Å². The van der Waals surface area contributed by atoms with Crippen LogP contribution in [0.4, 0.5) is 4.39 Å². The van der Waals surface area contributed by atoms with E-state index in [1.165, 1.54) is 19.2 Å². The van der Waals surface area contributed by atoms with Crippen molar-refractivity contribution in [1.82, 2.24) is 4.98 Å². The lowest BCUT2D eigenvalue weighted by atomic mass is 10.1. The number of aromatic amines is 1. The molecule has 74 valence electrons. The van der Waals surface area contributed by atoms with E-state index in [9.17, 15) is 4.39 Å². The highest BCUT2D eigenvalue weighted by Gasteiger charge is 2.09. The first-order valence-electron chi connectivity index (χ1n) is 4.30. The predicted octanol–water partition coefficient (Wildman–Crippen LogP) is 1.77. The first kappa shape index (κ1) is 9.02. The highest BCUT2D eigenvalue weighted by Crippen LogP contribution is 2.29. The van der Waals surface area contributed by atoms with Crippen LogP contribution in [-0.4, -0.2) is 12.1 Å². The molecule has 0 bridgehead atoms. The summed E-state index contributed by atoms with van der Waals surface area (Å²) in [6, 6.07) is 2.78. The first-order chi connectivity index (χ1) is 6.76. The van der Waals surface area contributed by atoms with E-state index in [1.807, 2.05) is 0 Å². The van der Waals surface area contributed by atoms with E-state index in [2.05, 4.69) is 4.98 Å². The Morgan fingerprint density at radius 3 is 2.93 bits per heavy atom. The number of rotatable bonds is 2. The summed E-state index contributed by atoms with van der Waals surface area (Å²) in [7, 11) is 1.52. The molecule has 0 amide bonds. The average molecular weight is 194 g/mol. The second-order valence-corrected chi connectivity index (χ2v) is 3.05. The van der Waals surface area contributed by atoms with Crippen LogP contribution in [-0.2, 0) is 6.54 Å². The standard InChI is InChI=1S/C10H11FN2O/c1-14-9-3-7(11)2-8-10(9)6(4-12)5-13-8/h2-3,5,13H,4,12H2,1H3. The fourth-order valence-electron chi connectivity index (χ4n) is 1.59. The topological polar surface area (TPSA) is 51.0 Å². The van der Waals surface area contributed by atoms with Crippen molar-refractivity contribution < 1.29 is 9.13 Å². The summed E-state index contributed by atoms with van der Waals surface area (Å²) in [6.45, 7) is 0.405. The van der Waals surface area contributed by atoms with Crippen molar-refractivity contribution in [2.24, 2.45) is 5.73 Å². The molecule has 1 heterocycles. The Morgan fingerprint density at radius 2 is 2.29 bits per heavy atom.